The van der Waals surface area contributed by atoms with Crippen molar-refractivity contribution in [3.8, 4) is 11.1 Å². The van der Waals surface area contributed by atoms with Crippen LogP contribution in [0.5, 0.6) is 0 Å². The van der Waals surface area contributed by atoms with E-state index in [0.29, 0.717) is 6.54 Å². The van der Waals surface area contributed by atoms with Crippen molar-refractivity contribution in [2.24, 2.45) is 11.5 Å². The molecule has 0 amide bonds. The van der Waals surface area contributed by atoms with Crippen molar-refractivity contribution >= 4 is 12.4 Å². The third kappa shape index (κ3) is 2.73. The molecule has 3 heteroatoms. The van der Waals surface area contributed by atoms with Crippen molar-refractivity contribution in [2.75, 3.05) is 6.54 Å². The van der Waals surface area contributed by atoms with Crippen LogP contribution in [-0.4, -0.2) is 6.54 Å². The molecule has 2 aromatic carbocycles. The van der Waals surface area contributed by atoms with Gasteiger partial charge in [0.1, 0.15) is 0 Å². The zero-order valence-electron chi connectivity index (χ0n) is 11.5. The lowest BCUT2D eigenvalue weighted by atomic mass is 9.97. The standard InChI is InChI=1S/C17H20N2.ClH/c18-9-3-6-17(19)13-7-8-16-14(11-13)10-12-4-1-2-5-15(12)16;/h1-2,4-5,7-8,11,17H,3,6,9-10,18-19H2;1H/t17-;/m1./s1. The highest BCUT2D eigenvalue weighted by Gasteiger charge is 2.18. The van der Waals surface area contributed by atoms with E-state index in [-0.39, 0.29) is 18.4 Å². The normalized spacial score (nSPS) is 13.3. The van der Waals surface area contributed by atoms with E-state index in [4.69, 9.17) is 11.5 Å². The summed E-state index contributed by atoms with van der Waals surface area (Å²) in [5, 5.41) is 0. The summed E-state index contributed by atoms with van der Waals surface area (Å²) in [5.74, 6) is 0. The molecular formula is C17H21ClN2. The Morgan fingerprint density at radius 2 is 1.75 bits per heavy atom. The van der Waals surface area contributed by atoms with Crippen molar-refractivity contribution in [2.45, 2.75) is 25.3 Å². The minimum atomic E-state index is 0. The lowest BCUT2D eigenvalue weighted by molar-refractivity contribution is 0.617. The van der Waals surface area contributed by atoms with E-state index >= 15 is 0 Å². The molecule has 0 fully saturated rings. The van der Waals surface area contributed by atoms with E-state index in [1.54, 1.807) is 0 Å². The Hall–Kier alpha value is -1.35. The van der Waals surface area contributed by atoms with Crippen LogP contribution in [0.2, 0.25) is 0 Å². The molecule has 0 bridgehead atoms. The molecule has 1 aliphatic rings. The van der Waals surface area contributed by atoms with Crippen molar-refractivity contribution in [3.63, 3.8) is 0 Å². The first kappa shape index (κ1) is 15.0. The topological polar surface area (TPSA) is 52.0 Å². The fourth-order valence-electron chi connectivity index (χ4n) is 2.90. The Morgan fingerprint density at radius 3 is 2.55 bits per heavy atom. The molecule has 0 aromatic heterocycles. The molecule has 20 heavy (non-hydrogen) atoms. The third-order valence-corrected chi connectivity index (χ3v) is 3.97. The summed E-state index contributed by atoms with van der Waals surface area (Å²) in [6, 6.07) is 15.4. The molecular weight excluding hydrogens is 268 g/mol. The second-order valence-corrected chi connectivity index (χ2v) is 5.29. The van der Waals surface area contributed by atoms with E-state index in [0.717, 1.165) is 19.3 Å². The maximum atomic E-state index is 6.22. The van der Waals surface area contributed by atoms with E-state index < -0.39 is 0 Å². The van der Waals surface area contributed by atoms with Crippen LogP contribution in [0.25, 0.3) is 11.1 Å². The lowest BCUT2D eigenvalue weighted by Crippen LogP contribution is -2.12. The van der Waals surface area contributed by atoms with Gasteiger partial charge >= 0.3 is 0 Å². The van der Waals surface area contributed by atoms with Crippen LogP contribution in [0.15, 0.2) is 42.5 Å². The molecule has 1 aliphatic carbocycles. The van der Waals surface area contributed by atoms with Crippen LogP contribution >= 0.6 is 12.4 Å². The Kier molecular flexibility index (Phi) is 4.81. The van der Waals surface area contributed by atoms with E-state index in [1.807, 2.05) is 0 Å². The molecule has 0 aliphatic heterocycles. The highest BCUT2D eigenvalue weighted by atomic mass is 35.5. The Labute approximate surface area is 126 Å². The van der Waals surface area contributed by atoms with E-state index in [1.165, 1.54) is 27.8 Å². The summed E-state index contributed by atoms with van der Waals surface area (Å²) in [7, 11) is 0. The quantitative estimate of drug-likeness (QED) is 0.773. The second-order valence-electron chi connectivity index (χ2n) is 5.29. The zero-order valence-corrected chi connectivity index (χ0v) is 12.3. The molecule has 2 nitrogen and oxygen atoms in total. The van der Waals surface area contributed by atoms with Gasteiger partial charge in [-0.1, -0.05) is 42.5 Å². The summed E-state index contributed by atoms with van der Waals surface area (Å²) >= 11 is 0. The molecule has 0 saturated heterocycles. The molecule has 0 unspecified atom stereocenters. The number of fused-ring (bicyclic) bond motifs is 3. The zero-order chi connectivity index (χ0) is 13.2. The predicted molar refractivity (Wildman–Crippen MR) is 87.1 cm³/mol. The van der Waals surface area contributed by atoms with Gasteiger partial charge in [0.15, 0.2) is 0 Å². The van der Waals surface area contributed by atoms with E-state index in [9.17, 15) is 0 Å². The van der Waals surface area contributed by atoms with Gasteiger partial charge in [0.2, 0.25) is 0 Å². The Balaban J connectivity index is 0.00000147. The van der Waals surface area contributed by atoms with Crippen molar-refractivity contribution in [1.29, 1.82) is 0 Å². The molecule has 4 N–H and O–H groups in total. The van der Waals surface area contributed by atoms with Gasteiger partial charge in [-0.05, 0) is 53.6 Å². The van der Waals surface area contributed by atoms with Crippen molar-refractivity contribution in [3.05, 3.63) is 59.2 Å². The molecule has 2 aromatic rings. The maximum Gasteiger partial charge on any atom is 0.0295 e. The summed E-state index contributed by atoms with van der Waals surface area (Å²) < 4.78 is 0. The molecule has 0 radical (unpaired) electrons. The van der Waals surface area contributed by atoms with Gasteiger partial charge in [0.25, 0.3) is 0 Å². The molecule has 106 valence electrons. The van der Waals surface area contributed by atoms with Crippen molar-refractivity contribution in [1.82, 2.24) is 0 Å². The van der Waals surface area contributed by atoms with Gasteiger partial charge in [-0.15, -0.1) is 12.4 Å². The SMILES string of the molecule is Cl.NCCC[C@@H](N)c1ccc2c(c1)Cc1ccccc1-2. The fourth-order valence-corrected chi connectivity index (χ4v) is 2.90. The van der Waals surface area contributed by atoms with Crippen LogP contribution in [-0.2, 0) is 6.42 Å². The number of hydrogen-bond acceptors (Lipinski definition) is 2. The Morgan fingerprint density at radius 1 is 1.00 bits per heavy atom. The van der Waals surface area contributed by atoms with Crippen LogP contribution in [0, 0.1) is 0 Å². The van der Waals surface area contributed by atoms with Gasteiger partial charge in [0, 0.05) is 6.04 Å². The maximum absolute atomic E-state index is 6.22. The molecule has 0 saturated carbocycles. The summed E-state index contributed by atoms with van der Waals surface area (Å²) in [4.78, 5) is 0. The first-order valence-electron chi connectivity index (χ1n) is 6.96. The first-order valence-corrected chi connectivity index (χ1v) is 6.96. The van der Waals surface area contributed by atoms with Gasteiger partial charge in [-0.25, -0.2) is 0 Å². The molecule has 3 rings (SSSR count). The number of halogens is 1. The second kappa shape index (κ2) is 6.40. The highest BCUT2D eigenvalue weighted by Crippen LogP contribution is 2.37. The average molecular weight is 289 g/mol. The summed E-state index contributed by atoms with van der Waals surface area (Å²) in [6.07, 6.45) is 2.98. The fraction of sp³-hybridized carbons (Fsp3) is 0.294. The predicted octanol–water partition coefficient (Wildman–Crippen LogP) is 3.42. The first-order chi connectivity index (χ1) is 9.29. The van der Waals surface area contributed by atoms with Crippen LogP contribution in [0.3, 0.4) is 0 Å². The number of hydrogen-bond donors (Lipinski definition) is 2. The summed E-state index contributed by atoms with van der Waals surface area (Å²) in [5.41, 5.74) is 18.6. The van der Waals surface area contributed by atoms with Gasteiger partial charge < -0.3 is 11.5 Å². The van der Waals surface area contributed by atoms with Crippen LogP contribution in [0.1, 0.15) is 35.6 Å². The van der Waals surface area contributed by atoms with E-state index in [2.05, 4.69) is 42.5 Å². The minimum absolute atomic E-state index is 0. The minimum Gasteiger partial charge on any atom is -0.330 e. The number of nitrogens with two attached hydrogens (primary N) is 2. The van der Waals surface area contributed by atoms with Gasteiger partial charge in [0.05, 0.1) is 0 Å². The summed E-state index contributed by atoms with van der Waals surface area (Å²) in [6.45, 7) is 0.712. The largest absolute Gasteiger partial charge is 0.330 e. The van der Waals surface area contributed by atoms with Gasteiger partial charge in [-0.3, -0.25) is 0 Å². The molecule has 1 atom stereocenters. The smallest absolute Gasteiger partial charge is 0.0295 e. The van der Waals surface area contributed by atoms with Crippen LogP contribution in [0.4, 0.5) is 0 Å². The molecule has 0 heterocycles. The lowest BCUT2D eigenvalue weighted by Gasteiger charge is -2.13. The number of rotatable bonds is 4. The van der Waals surface area contributed by atoms with Crippen molar-refractivity contribution < 1.29 is 0 Å². The average Bonchev–Trinajstić information content (AvgIpc) is 2.82. The third-order valence-electron chi connectivity index (χ3n) is 3.97. The van der Waals surface area contributed by atoms with Gasteiger partial charge in [-0.2, -0.15) is 0 Å². The monoisotopic (exact) mass is 288 g/mol. The molecule has 0 spiro atoms. The highest BCUT2D eigenvalue weighted by molar-refractivity contribution is 5.85. The Bertz CT molecular complexity index is 595. The number of benzene rings is 2. The van der Waals surface area contributed by atoms with Crippen LogP contribution < -0.4 is 11.5 Å².